The molecule has 0 amide bonds. The van der Waals surface area contributed by atoms with Gasteiger partial charge in [-0.1, -0.05) is 47.6 Å². The van der Waals surface area contributed by atoms with Crippen LogP contribution in [0.5, 0.6) is 34.5 Å². The highest BCUT2D eigenvalue weighted by Gasteiger charge is 2.33. The highest BCUT2D eigenvalue weighted by molar-refractivity contribution is 6.17. The molecule has 308 valence electrons. The van der Waals surface area contributed by atoms with Crippen molar-refractivity contribution in [3.63, 3.8) is 0 Å². The number of fused-ring (bicyclic) bond motifs is 7. The predicted octanol–water partition coefficient (Wildman–Crippen LogP) is 5.33. The van der Waals surface area contributed by atoms with E-state index in [4.69, 9.17) is 50.0 Å². The second-order valence-electron chi connectivity index (χ2n) is 15.3. The fourth-order valence-corrected chi connectivity index (χ4v) is 6.84. The van der Waals surface area contributed by atoms with E-state index in [1.165, 1.54) is 27.4 Å². The van der Waals surface area contributed by atoms with E-state index < -0.39 is 41.7 Å². The quantitative estimate of drug-likeness (QED) is 0.0779. The highest BCUT2D eigenvalue weighted by Crippen LogP contribution is 2.50. The van der Waals surface area contributed by atoms with Gasteiger partial charge in [0, 0.05) is 34.5 Å². The fraction of sp³-hybridized carbons (Fsp3) is 0.395. The Morgan fingerprint density at radius 2 is 1.16 bits per heavy atom. The van der Waals surface area contributed by atoms with E-state index >= 15 is 0 Å². The van der Waals surface area contributed by atoms with E-state index in [2.05, 4.69) is 0 Å². The van der Waals surface area contributed by atoms with Crippen LogP contribution in [-0.4, -0.2) is 61.9 Å². The van der Waals surface area contributed by atoms with Gasteiger partial charge in [0.15, 0.2) is 34.5 Å². The third-order valence-corrected chi connectivity index (χ3v) is 10.5. The van der Waals surface area contributed by atoms with Crippen LogP contribution in [0.25, 0.3) is 44.3 Å². The van der Waals surface area contributed by atoms with Gasteiger partial charge in [-0.2, -0.15) is 0 Å². The standard InChI is InChI=1S/C43H50N4O11/c1-19(2)35(44)40(48)55-26-11-10-23(15-28(26)52-7)33-34-25-17-30(54-9)32(58-42(50)37(46)21(5)6)18-27(25)56-43(51)39(34)47-13-12-22-14-31(57-41(49)36(45)20(3)4)29(53-8)16-24(22)38(33)47/h10-11,14-21,35-37H,12-13,44-46H2,1-9H3/t35-,36-,37-/m0/s1. The fourth-order valence-electron chi connectivity index (χ4n) is 6.84. The van der Waals surface area contributed by atoms with Crippen molar-refractivity contribution >= 4 is 39.8 Å². The lowest BCUT2D eigenvalue weighted by Gasteiger charge is -2.24. The number of carbonyl (C=O) groups is 3. The Hall–Kier alpha value is -5.90. The van der Waals surface area contributed by atoms with E-state index in [1.54, 1.807) is 50.2 Å². The minimum Gasteiger partial charge on any atom is -0.493 e. The number of ether oxygens (including phenoxy) is 6. The number of benzene rings is 3. The molecule has 3 atom stereocenters. The monoisotopic (exact) mass is 798 g/mol. The molecule has 1 aliphatic rings. The first-order valence-electron chi connectivity index (χ1n) is 19.0. The van der Waals surface area contributed by atoms with E-state index in [0.29, 0.717) is 46.1 Å². The van der Waals surface area contributed by atoms with Gasteiger partial charge in [-0.25, -0.2) is 19.2 Å². The van der Waals surface area contributed by atoms with Crippen LogP contribution in [0.1, 0.15) is 47.1 Å². The van der Waals surface area contributed by atoms with Crippen LogP contribution in [0.3, 0.4) is 0 Å². The molecule has 3 heterocycles. The second kappa shape index (κ2) is 16.5. The van der Waals surface area contributed by atoms with E-state index in [1.807, 2.05) is 32.3 Å². The predicted molar refractivity (Wildman–Crippen MR) is 218 cm³/mol. The first-order chi connectivity index (χ1) is 27.5. The van der Waals surface area contributed by atoms with Crippen molar-refractivity contribution in [2.45, 2.75) is 72.6 Å². The third-order valence-electron chi connectivity index (χ3n) is 10.5. The van der Waals surface area contributed by atoms with Crippen LogP contribution in [0, 0.1) is 17.8 Å². The number of aryl methyl sites for hydroxylation is 2. The smallest absolute Gasteiger partial charge is 0.361 e. The molecule has 0 unspecified atom stereocenters. The molecule has 0 spiro atoms. The van der Waals surface area contributed by atoms with Crippen molar-refractivity contribution in [2.24, 2.45) is 35.0 Å². The largest absolute Gasteiger partial charge is 0.493 e. The molecule has 3 aromatic carbocycles. The molecule has 0 bridgehead atoms. The van der Waals surface area contributed by atoms with Gasteiger partial charge in [-0.05, 0) is 65.6 Å². The summed E-state index contributed by atoms with van der Waals surface area (Å²) in [6.45, 7) is 11.2. The van der Waals surface area contributed by atoms with Crippen LogP contribution in [0.2, 0.25) is 0 Å². The number of hydrogen-bond donors (Lipinski definition) is 3. The number of hydrogen-bond acceptors (Lipinski definition) is 14. The summed E-state index contributed by atoms with van der Waals surface area (Å²) in [5.74, 6) is -1.38. The van der Waals surface area contributed by atoms with Crippen molar-refractivity contribution < 1.29 is 47.2 Å². The molecule has 58 heavy (non-hydrogen) atoms. The van der Waals surface area contributed by atoms with Crippen molar-refractivity contribution in [3.8, 4) is 56.9 Å². The van der Waals surface area contributed by atoms with Crippen LogP contribution in [-0.2, 0) is 27.3 Å². The molecule has 0 saturated carbocycles. The average molecular weight is 799 g/mol. The first kappa shape index (κ1) is 41.7. The molecule has 1 aliphatic heterocycles. The number of nitrogens with zero attached hydrogens (tertiary/aromatic N) is 1. The van der Waals surface area contributed by atoms with E-state index in [9.17, 15) is 19.2 Å². The number of aromatic nitrogens is 1. The second-order valence-corrected chi connectivity index (χ2v) is 15.3. The summed E-state index contributed by atoms with van der Waals surface area (Å²) in [6.07, 6.45) is 0.441. The van der Waals surface area contributed by atoms with E-state index in [0.717, 1.165) is 5.56 Å². The Bertz CT molecular complexity index is 2480. The molecule has 0 fully saturated rings. The molecule has 15 nitrogen and oxygen atoms in total. The van der Waals surface area contributed by atoms with Gasteiger partial charge >= 0.3 is 23.5 Å². The van der Waals surface area contributed by atoms with Crippen LogP contribution in [0.4, 0.5) is 0 Å². The van der Waals surface area contributed by atoms with Crippen LogP contribution < -0.4 is 51.2 Å². The average Bonchev–Trinajstić information content (AvgIpc) is 3.55. The number of nitrogens with two attached hydrogens (primary N) is 3. The Balaban J connectivity index is 1.65. The van der Waals surface area contributed by atoms with Crippen LogP contribution in [0.15, 0.2) is 51.7 Å². The maximum Gasteiger partial charge on any atom is 0.361 e. The number of carbonyl (C=O) groups excluding carboxylic acids is 3. The summed E-state index contributed by atoms with van der Waals surface area (Å²) in [5.41, 5.74) is 21.3. The molecule has 2 aromatic heterocycles. The summed E-state index contributed by atoms with van der Waals surface area (Å²) in [5, 5.41) is 0.964. The summed E-state index contributed by atoms with van der Waals surface area (Å²) in [4.78, 5) is 53.1. The highest BCUT2D eigenvalue weighted by atomic mass is 16.6. The topological polar surface area (TPSA) is 220 Å². The zero-order valence-electron chi connectivity index (χ0n) is 34.1. The van der Waals surface area contributed by atoms with Gasteiger partial charge < -0.3 is 54.6 Å². The Morgan fingerprint density at radius 1 is 0.655 bits per heavy atom. The summed E-state index contributed by atoms with van der Waals surface area (Å²) in [6, 6.07) is 9.00. The zero-order chi connectivity index (χ0) is 42.3. The summed E-state index contributed by atoms with van der Waals surface area (Å²) < 4.78 is 42.2. The SMILES string of the molecule is COc1cc(-c2c3n(c4c(=O)oc5cc(OC(=O)[C@@H](N)C(C)C)c(OC)cc5c24)CCc2cc(OC(=O)[C@@H](N)C(C)C)c(OC)cc2-3)ccc1OC(=O)[C@@H](N)C(C)C. The lowest BCUT2D eigenvalue weighted by atomic mass is 9.91. The van der Waals surface area contributed by atoms with Gasteiger partial charge in [0.1, 0.15) is 29.2 Å². The Labute approximate surface area is 335 Å². The zero-order valence-corrected chi connectivity index (χ0v) is 34.1. The molecular formula is C43H50N4O11. The van der Waals surface area contributed by atoms with Crippen molar-refractivity contribution in [1.82, 2.24) is 4.57 Å². The molecular weight excluding hydrogens is 748 g/mol. The number of methoxy groups -OCH3 is 3. The van der Waals surface area contributed by atoms with Gasteiger partial charge in [-0.3, -0.25) is 0 Å². The molecule has 6 rings (SSSR count). The van der Waals surface area contributed by atoms with Crippen molar-refractivity contribution in [3.05, 3.63) is 58.4 Å². The van der Waals surface area contributed by atoms with Gasteiger partial charge in [0.25, 0.3) is 0 Å². The first-order valence-corrected chi connectivity index (χ1v) is 19.0. The lowest BCUT2D eigenvalue weighted by Crippen LogP contribution is -2.38. The van der Waals surface area contributed by atoms with E-state index in [-0.39, 0.29) is 63.4 Å². The molecule has 5 aromatic rings. The van der Waals surface area contributed by atoms with Crippen LogP contribution >= 0.6 is 0 Å². The molecule has 15 heteroatoms. The molecule has 0 saturated heterocycles. The normalized spacial score (nSPS) is 13.9. The Kier molecular flexibility index (Phi) is 11.9. The lowest BCUT2D eigenvalue weighted by molar-refractivity contribution is -0.137. The third kappa shape index (κ3) is 7.60. The number of esters is 3. The van der Waals surface area contributed by atoms with Gasteiger partial charge in [-0.15, -0.1) is 0 Å². The number of rotatable bonds is 13. The van der Waals surface area contributed by atoms with Crippen molar-refractivity contribution in [1.29, 1.82) is 0 Å². The van der Waals surface area contributed by atoms with Gasteiger partial charge in [0.05, 0.1) is 27.0 Å². The van der Waals surface area contributed by atoms with Crippen molar-refractivity contribution in [2.75, 3.05) is 21.3 Å². The molecule has 6 N–H and O–H groups in total. The minimum absolute atomic E-state index is 0.0194. The van der Waals surface area contributed by atoms with Gasteiger partial charge in [0.2, 0.25) is 0 Å². The maximum atomic E-state index is 14.2. The maximum absolute atomic E-state index is 14.2. The molecule has 0 radical (unpaired) electrons. The summed E-state index contributed by atoms with van der Waals surface area (Å²) in [7, 11) is 4.34. The minimum atomic E-state index is -0.911. The molecule has 0 aliphatic carbocycles. The summed E-state index contributed by atoms with van der Waals surface area (Å²) >= 11 is 0. The Morgan fingerprint density at radius 3 is 1.69 bits per heavy atom.